The van der Waals surface area contributed by atoms with Gasteiger partial charge in [0.1, 0.15) is 18.9 Å². The number of hydrogen-bond acceptors (Lipinski definition) is 3. The molecule has 0 saturated carbocycles. The zero-order chi connectivity index (χ0) is 18.2. The van der Waals surface area contributed by atoms with Crippen LogP contribution in [0.1, 0.15) is 17.5 Å². The lowest BCUT2D eigenvalue weighted by atomic mass is 10.1. The Hall–Kier alpha value is -2.24. The fraction of sp³-hybridized carbons (Fsp3) is 0.222. The maximum atomic E-state index is 11.5. The van der Waals surface area contributed by atoms with Gasteiger partial charge in [-0.2, -0.15) is 0 Å². The Labute approximate surface area is 155 Å². The predicted molar refractivity (Wildman–Crippen MR) is 96.2 cm³/mol. The van der Waals surface area contributed by atoms with Crippen molar-refractivity contribution in [3.63, 3.8) is 0 Å². The Balaban J connectivity index is 1.81. The Morgan fingerprint density at radius 1 is 1.00 bits per heavy atom. The van der Waals surface area contributed by atoms with Crippen LogP contribution >= 0.6 is 23.2 Å². The molecule has 0 saturated heterocycles. The van der Waals surface area contributed by atoms with E-state index < -0.39 is 5.97 Å². The second kappa shape index (κ2) is 9.30. The molecule has 0 radical (unpaired) electrons. The highest BCUT2D eigenvalue weighted by Gasteiger charge is 2.05. The van der Waals surface area contributed by atoms with Gasteiger partial charge >= 0.3 is 5.97 Å². The summed E-state index contributed by atoms with van der Waals surface area (Å²) in [6, 6.07) is 12.6. The topological polar surface area (TPSA) is 75.6 Å². The molecular formula is C18H17Cl2NO4. The van der Waals surface area contributed by atoms with E-state index in [-0.39, 0.29) is 18.9 Å². The molecule has 0 unspecified atom stereocenters. The smallest absolute Gasteiger partial charge is 0.322 e. The maximum Gasteiger partial charge on any atom is 0.322 e. The molecule has 2 aromatic carbocycles. The fourth-order valence-electron chi connectivity index (χ4n) is 2.13. The number of benzene rings is 2. The van der Waals surface area contributed by atoms with Crippen LogP contribution in [0.4, 0.5) is 0 Å². The van der Waals surface area contributed by atoms with Crippen molar-refractivity contribution in [3.05, 3.63) is 63.6 Å². The van der Waals surface area contributed by atoms with Gasteiger partial charge in [-0.3, -0.25) is 9.59 Å². The number of carboxylic acids is 1. The van der Waals surface area contributed by atoms with Crippen LogP contribution in [0.2, 0.25) is 10.0 Å². The third kappa shape index (κ3) is 7.03. The first-order chi connectivity index (χ1) is 11.9. The number of halogens is 2. The average molecular weight is 382 g/mol. The van der Waals surface area contributed by atoms with E-state index >= 15 is 0 Å². The molecule has 0 aliphatic rings. The van der Waals surface area contributed by atoms with Gasteiger partial charge in [0.25, 0.3) is 0 Å². The first kappa shape index (κ1) is 19.1. The summed E-state index contributed by atoms with van der Waals surface area (Å²) in [6.07, 6.45) is 0.754. The first-order valence-electron chi connectivity index (χ1n) is 7.57. The summed E-state index contributed by atoms with van der Waals surface area (Å²) in [5.41, 5.74) is 1.83. The zero-order valence-corrected chi connectivity index (χ0v) is 14.8. The fourth-order valence-corrected chi connectivity index (χ4v) is 2.70. The van der Waals surface area contributed by atoms with Crippen LogP contribution in [0.5, 0.6) is 5.75 Å². The average Bonchev–Trinajstić information content (AvgIpc) is 2.56. The van der Waals surface area contributed by atoms with Gasteiger partial charge in [-0.25, -0.2) is 0 Å². The Morgan fingerprint density at radius 2 is 1.64 bits per heavy atom. The van der Waals surface area contributed by atoms with Crippen LogP contribution in [0, 0.1) is 0 Å². The third-order valence-electron chi connectivity index (χ3n) is 3.33. The van der Waals surface area contributed by atoms with Crippen molar-refractivity contribution in [1.82, 2.24) is 5.32 Å². The summed E-state index contributed by atoms with van der Waals surface area (Å²) >= 11 is 11.9. The van der Waals surface area contributed by atoms with Crippen LogP contribution in [-0.4, -0.2) is 23.5 Å². The van der Waals surface area contributed by atoms with Crippen molar-refractivity contribution in [3.8, 4) is 5.75 Å². The lowest BCUT2D eigenvalue weighted by Crippen LogP contribution is -2.29. The number of carboxylic acid groups (broad SMARTS) is 1. The molecule has 2 aromatic rings. The van der Waals surface area contributed by atoms with E-state index in [1.807, 2.05) is 24.3 Å². The van der Waals surface area contributed by atoms with Crippen LogP contribution in [-0.2, 0) is 22.6 Å². The van der Waals surface area contributed by atoms with Gasteiger partial charge in [-0.15, -0.1) is 0 Å². The van der Waals surface area contributed by atoms with Gasteiger partial charge in [0.15, 0.2) is 0 Å². The van der Waals surface area contributed by atoms with Crippen LogP contribution < -0.4 is 10.1 Å². The number of rotatable bonds is 8. The molecule has 5 nitrogen and oxygen atoms in total. The number of ether oxygens (including phenoxy) is 1. The van der Waals surface area contributed by atoms with E-state index in [9.17, 15) is 9.59 Å². The molecule has 0 aromatic heterocycles. The molecule has 1 amide bonds. The summed E-state index contributed by atoms with van der Waals surface area (Å²) < 4.78 is 5.69. The van der Waals surface area contributed by atoms with Gasteiger partial charge in [-0.1, -0.05) is 35.3 Å². The number of nitrogens with one attached hydrogen (secondary N) is 1. The summed E-state index contributed by atoms with van der Waals surface area (Å²) in [7, 11) is 0. The minimum atomic E-state index is -1.06. The van der Waals surface area contributed by atoms with E-state index in [0.717, 1.165) is 11.1 Å². The van der Waals surface area contributed by atoms with Gasteiger partial charge in [0.05, 0.1) is 0 Å². The van der Waals surface area contributed by atoms with Crippen LogP contribution in [0.25, 0.3) is 0 Å². The molecule has 2 rings (SSSR count). The lowest BCUT2D eigenvalue weighted by molar-refractivity contribution is -0.137. The summed E-state index contributed by atoms with van der Waals surface area (Å²) in [5, 5.41) is 11.9. The van der Waals surface area contributed by atoms with E-state index in [1.54, 1.807) is 18.2 Å². The van der Waals surface area contributed by atoms with Gasteiger partial charge in [0, 0.05) is 16.5 Å². The molecule has 0 aliphatic heterocycles. The van der Waals surface area contributed by atoms with Crippen LogP contribution in [0.15, 0.2) is 42.5 Å². The van der Waals surface area contributed by atoms with Crippen molar-refractivity contribution in [2.45, 2.75) is 19.4 Å². The monoisotopic (exact) mass is 381 g/mol. The molecule has 0 atom stereocenters. The van der Waals surface area contributed by atoms with Gasteiger partial charge in [0.2, 0.25) is 5.91 Å². The number of carbonyl (C=O) groups is 2. The Morgan fingerprint density at radius 3 is 2.24 bits per heavy atom. The summed E-state index contributed by atoms with van der Waals surface area (Å²) in [5.74, 6) is -0.661. The Bertz CT molecular complexity index is 727. The molecule has 0 aliphatic carbocycles. The van der Waals surface area contributed by atoms with Crippen molar-refractivity contribution < 1.29 is 19.4 Å². The van der Waals surface area contributed by atoms with Gasteiger partial charge in [-0.05, 0) is 47.9 Å². The van der Waals surface area contributed by atoms with Crippen molar-refractivity contribution in [1.29, 1.82) is 0 Å². The SMILES string of the molecule is O=C(O)CNC(=O)CCc1ccc(OCc2cc(Cl)cc(Cl)c2)cc1. The predicted octanol–water partition coefficient (Wildman–Crippen LogP) is 3.71. The third-order valence-corrected chi connectivity index (χ3v) is 3.77. The molecule has 2 N–H and O–H groups in total. The largest absolute Gasteiger partial charge is 0.489 e. The number of amides is 1. The number of aryl methyl sites for hydroxylation is 1. The quantitative estimate of drug-likeness (QED) is 0.730. The number of carbonyl (C=O) groups excluding carboxylic acids is 1. The van der Waals surface area contributed by atoms with Crippen molar-refractivity contribution in [2.24, 2.45) is 0 Å². The highest BCUT2D eigenvalue weighted by atomic mass is 35.5. The normalized spacial score (nSPS) is 10.3. The summed E-state index contributed by atoms with van der Waals surface area (Å²) in [6.45, 7) is -0.0175. The molecular weight excluding hydrogens is 365 g/mol. The van der Waals surface area contributed by atoms with E-state index in [4.69, 9.17) is 33.0 Å². The minimum Gasteiger partial charge on any atom is -0.489 e. The standard InChI is InChI=1S/C18H17Cl2NO4/c19-14-7-13(8-15(20)9-14)11-25-16-4-1-12(2-5-16)3-6-17(22)21-10-18(23)24/h1-2,4-5,7-9H,3,6,10-11H2,(H,21,22)(H,23,24). The van der Waals surface area contributed by atoms with E-state index in [0.29, 0.717) is 28.8 Å². The van der Waals surface area contributed by atoms with Gasteiger partial charge < -0.3 is 15.2 Å². The molecule has 25 heavy (non-hydrogen) atoms. The van der Waals surface area contributed by atoms with Crippen molar-refractivity contribution in [2.75, 3.05) is 6.54 Å². The lowest BCUT2D eigenvalue weighted by Gasteiger charge is -2.08. The Kier molecular flexibility index (Phi) is 7.10. The molecule has 132 valence electrons. The van der Waals surface area contributed by atoms with E-state index in [1.165, 1.54) is 0 Å². The van der Waals surface area contributed by atoms with Crippen LogP contribution in [0.3, 0.4) is 0 Å². The second-order valence-electron chi connectivity index (χ2n) is 5.38. The maximum absolute atomic E-state index is 11.5. The second-order valence-corrected chi connectivity index (χ2v) is 6.25. The molecule has 7 heteroatoms. The number of aliphatic carboxylic acids is 1. The van der Waals surface area contributed by atoms with E-state index in [2.05, 4.69) is 5.32 Å². The first-order valence-corrected chi connectivity index (χ1v) is 8.33. The highest BCUT2D eigenvalue weighted by molar-refractivity contribution is 6.34. The molecule has 0 bridgehead atoms. The summed E-state index contributed by atoms with van der Waals surface area (Å²) in [4.78, 5) is 21.9. The highest BCUT2D eigenvalue weighted by Crippen LogP contribution is 2.21. The zero-order valence-electron chi connectivity index (χ0n) is 13.3. The molecule has 0 fully saturated rings. The molecule has 0 spiro atoms. The van der Waals surface area contributed by atoms with Crippen molar-refractivity contribution >= 4 is 35.1 Å². The minimum absolute atomic E-state index is 0.231. The molecule has 0 heterocycles. The number of hydrogen-bond donors (Lipinski definition) is 2.